The number of fused-ring (bicyclic) bond motifs is 1. The smallest absolute Gasteiger partial charge is 0.326 e. The Morgan fingerprint density at radius 3 is 2.12 bits per heavy atom. The standard InChI is InChI=1S/C25H33N5O9S/c1-40-9-8-17(23(36)29-18(25(38)39)6-7-20(31)32)28-24(37)19(11-21(33)34)30-22(35)15(26)10-13-12-27-16-5-3-2-4-14(13)16/h2-5,12,15,17-19,27H,6-11,26H2,1H3,(H,28,37)(H,29,36)(H,30,35)(H,31,32)(H,33,34)(H,38,39). The number of nitrogens with two attached hydrogens (primary N) is 1. The molecule has 40 heavy (non-hydrogen) atoms. The summed E-state index contributed by atoms with van der Waals surface area (Å²) in [5.74, 6) is -6.37. The highest BCUT2D eigenvalue weighted by atomic mass is 32.2. The number of hydrogen-bond acceptors (Lipinski definition) is 8. The lowest BCUT2D eigenvalue weighted by Gasteiger charge is -2.24. The summed E-state index contributed by atoms with van der Waals surface area (Å²) in [6.45, 7) is 0. The molecule has 4 unspecified atom stereocenters. The number of aromatic nitrogens is 1. The Labute approximate surface area is 233 Å². The van der Waals surface area contributed by atoms with E-state index in [1.807, 2.05) is 24.3 Å². The van der Waals surface area contributed by atoms with Gasteiger partial charge in [0, 0.05) is 23.5 Å². The number of rotatable bonds is 17. The molecule has 0 saturated heterocycles. The number of H-pyrrole nitrogens is 1. The van der Waals surface area contributed by atoms with E-state index in [0.717, 1.165) is 16.5 Å². The van der Waals surface area contributed by atoms with Crippen LogP contribution in [-0.4, -0.2) is 92.1 Å². The molecule has 1 aromatic carbocycles. The topological polar surface area (TPSA) is 241 Å². The number of thioether (sulfide) groups is 1. The maximum atomic E-state index is 13.0. The highest BCUT2D eigenvalue weighted by Gasteiger charge is 2.31. The number of aromatic amines is 1. The molecule has 0 fully saturated rings. The molecule has 14 nitrogen and oxygen atoms in total. The van der Waals surface area contributed by atoms with Gasteiger partial charge in [0.2, 0.25) is 17.7 Å². The number of amides is 3. The summed E-state index contributed by atoms with van der Waals surface area (Å²) < 4.78 is 0. The second-order valence-electron chi connectivity index (χ2n) is 9.00. The summed E-state index contributed by atoms with van der Waals surface area (Å²) >= 11 is 1.34. The van der Waals surface area contributed by atoms with Gasteiger partial charge in [-0.1, -0.05) is 18.2 Å². The van der Waals surface area contributed by atoms with Crippen molar-refractivity contribution < 1.29 is 44.1 Å². The highest BCUT2D eigenvalue weighted by molar-refractivity contribution is 7.98. The number of carboxylic acids is 3. The lowest BCUT2D eigenvalue weighted by Crippen LogP contribution is -2.57. The average Bonchev–Trinajstić information content (AvgIpc) is 3.30. The number of para-hydroxylation sites is 1. The molecule has 0 aliphatic carbocycles. The lowest BCUT2D eigenvalue weighted by molar-refractivity contribution is -0.144. The average molecular weight is 580 g/mol. The monoisotopic (exact) mass is 579 g/mol. The Bertz CT molecular complexity index is 1230. The number of hydrogen-bond donors (Lipinski definition) is 8. The van der Waals surface area contributed by atoms with Gasteiger partial charge in [0.15, 0.2) is 0 Å². The molecule has 1 aromatic heterocycles. The molecule has 0 saturated carbocycles. The number of aliphatic carboxylic acids is 3. The van der Waals surface area contributed by atoms with Crippen LogP contribution < -0.4 is 21.7 Å². The molecule has 0 aliphatic heterocycles. The molecule has 0 radical (unpaired) electrons. The van der Waals surface area contributed by atoms with Gasteiger partial charge in [-0.25, -0.2) is 4.79 Å². The van der Waals surface area contributed by atoms with Crippen LogP contribution in [-0.2, 0) is 35.2 Å². The predicted octanol–water partition coefficient (Wildman–Crippen LogP) is -0.331. The second kappa shape index (κ2) is 15.5. The van der Waals surface area contributed by atoms with Crippen LogP contribution in [0.2, 0.25) is 0 Å². The van der Waals surface area contributed by atoms with E-state index in [-0.39, 0.29) is 19.3 Å². The largest absolute Gasteiger partial charge is 0.481 e. The van der Waals surface area contributed by atoms with E-state index in [4.69, 9.17) is 10.8 Å². The van der Waals surface area contributed by atoms with Crippen molar-refractivity contribution in [1.82, 2.24) is 20.9 Å². The Kier molecular flexibility index (Phi) is 12.4. The zero-order valence-corrected chi connectivity index (χ0v) is 22.5. The highest BCUT2D eigenvalue weighted by Crippen LogP contribution is 2.19. The van der Waals surface area contributed by atoms with E-state index in [1.165, 1.54) is 11.8 Å². The van der Waals surface area contributed by atoms with Gasteiger partial charge in [0.25, 0.3) is 0 Å². The van der Waals surface area contributed by atoms with E-state index in [2.05, 4.69) is 20.9 Å². The van der Waals surface area contributed by atoms with E-state index in [1.54, 1.807) is 12.5 Å². The summed E-state index contributed by atoms with van der Waals surface area (Å²) in [5.41, 5.74) is 7.65. The fourth-order valence-corrected chi connectivity index (χ4v) is 4.34. The van der Waals surface area contributed by atoms with E-state index < -0.39 is 72.6 Å². The summed E-state index contributed by atoms with van der Waals surface area (Å²) in [6, 6.07) is 1.88. The Morgan fingerprint density at radius 1 is 0.875 bits per heavy atom. The van der Waals surface area contributed by atoms with Gasteiger partial charge in [-0.2, -0.15) is 11.8 Å². The first kappa shape index (κ1) is 32.1. The first-order valence-corrected chi connectivity index (χ1v) is 13.7. The van der Waals surface area contributed by atoms with E-state index in [9.17, 15) is 39.0 Å². The molecule has 218 valence electrons. The first-order chi connectivity index (χ1) is 18.9. The van der Waals surface area contributed by atoms with Crippen molar-refractivity contribution in [2.75, 3.05) is 12.0 Å². The van der Waals surface area contributed by atoms with Crippen molar-refractivity contribution in [2.45, 2.75) is 56.3 Å². The molecule has 4 atom stereocenters. The zero-order chi connectivity index (χ0) is 29.8. The predicted molar refractivity (Wildman–Crippen MR) is 146 cm³/mol. The molecule has 1 heterocycles. The molecule has 9 N–H and O–H groups in total. The minimum atomic E-state index is -1.58. The molecule has 3 amide bonds. The second-order valence-corrected chi connectivity index (χ2v) is 9.99. The minimum absolute atomic E-state index is 0.0534. The molecule has 0 spiro atoms. The third-order valence-electron chi connectivity index (χ3n) is 5.97. The van der Waals surface area contributed by atoms with Gasteiger partial charge in [0.1, 0.15) is 18.1 Å². The first-order valence-electron chi connectivity index (χ1n) is 12.3. The van der Waals surface area contributed by atoms with Gasteiger partial charge in [0.05, 0.1) is 12.5 Å². The fourth-order valence-electron chi connectivity index (χ4n) is 3.87. The van der Waals surface area contributed by atoms with Crippen LogP contribution in [0, 0.1) is 0 Å². The van der Waals surface area contributed by atoms with Gasteiger partial charge < -0.3 is 42.0 Å². The lowest BCUT2D eigenvalue weighted by atomic mass is 10.0. The number of carbonyl (C=O) groups excluding carboxylic acids is 3. The van der Waals surface area contributed by atoms with Gasteiger partial charge in [-0.05, 0) is 42.9 Å². The number of nitrogens with one attached hydrogen (secondary N) is 4. The maximum Gasteiger partial charge on any atom is 0.326 e. The van der Waals surface area contributed by atoms with Crippen LogP contribution in [0.15, 0.2) is 30.5 Å². The van der Waals surface area contributed by atoms with E-state index >= 15 is 0 Å². The Hall–Kier alpha value is -4.11. The third-order valence-corrected chi connectivity index (χ3v) is 6.61. The number of benzene rings is 1. The van der Waals surface area contributed by atoms with Gasteiger partial charge in [-0.3, -0.25) is 24.0 Å². The van der Waals surface area contributed by atoms with Crippen LogP contribution >= 0.6 is 11.8 Å². The van der Waals surface area contributed by atoms with Crippen LogP contribution in [0.1, 0.15) is 31.2 Å². The summed E-state index contributed by atoms with van der Waals surface area (Å²) in [5, 5.41) is 35.3. The van der Waals surface area contributed by atoms with Crippen molar-refractivity contribution in [3.63, 3.8) is 0 Å². The molecule has 0 bridgehead atoms. The number of carboxylic acid groups (broad SMARTS) is 3. The maximum absolute atomic E-state index is 13.0. The quantitative estimate of drug-likeness (QED) is 0.121. The third kappa shape index (κ3) is 9.89. The van der Waals surface area contributed by atoms with Crippen LogP contribution in [0.4, 0.5) is 0 Å². The Morgan fingerprint density at radius 2 is 1.50 bits per heavy atom. The zero-order valence-electron chi connectivity index (χ0n) is 21.7. The normalized spacial score (nSPS) is 13.9. The molecule has 15 heteroatoms. The molecule has 2 rings (SSSR count). The van der Waals surface area contributed by atoms with Crippen molar-refractivity contribution >= 4 is 58.3 Å². The Balaban J connectivity index is 2.12. The molecular weight excluding hydrogens is 546 g/mol. The van der Waals surface area contributed by atoms with E-state index in [0.29, 0.717) is 5.75 Å². The van der Waals surface area contributed by atoms with Crippen LogP contribution in [0.5, 0.6) is 0 Å². The van der Waals surface area contributed by atoms with Crippen molar-refractivity contribution in [3.05, 3.63) is 36.0 Å². The van der Waals surface area contributed by atoms with Crippen molar-refractivity contribution in [3.8, 4) is 0 Å². The van der Waals surface area contributed by atoms with Crippen molar-refractivity contribution in [2.24, 2.45) is 5.73 Å². The van der Waals surface area contributed by atoms with Crippen molar-refractivity contribution in [1.29, 1.82) is 0 Å². The van der Waals surface area contributed by atoms with Crippen LogP contribution in [0.25, 0.3) is 10.9 Å². The van der Waals surface area contributed by atoms with Crippen LogP contribution in [0.3, 0.4) is 0 Å². The summed E-state index contributed by atoms with van der Waals surface area (Å²) in [6.07, 6.45) is 1.91. The summed E-state index contributed by atoms with van der Waals surface area (Å²) in [4.78, 5) is 75.5. The molecule has 2 aromatic rings. The fraction of sp³-hybridized carbons (Fsp3) is 0.440. The molecule has 0 aliphatic rings. The number of carbonyl (C=O) groups is 6. The molecular formula is C25H33N5O9S. The SMILES string of the molecule is CSCCC(NC(=O)C(CC(=O)O)NC(=O)C(N)Cc1c[nH]c2ccccc12)C(=O)NC(CCC(=O)O)C(=O)O. The summed E-state index contributed by atoms with van der Waals surface area (Å²) in [7, 11) is 0. The van der Waals surface area contributed by atoms with Gasteiger partial charge in [-0.15, -0.1) is 0 Å². The van der Waals surface area contributed by atoms with Gasteiger partial charge >= 0.3 is 17.9 Å². The minimum Gasteiger partial charge on any atom is -0.481 e.